The first-order chi connectivity index (χ1) is 11.2. The number of hydrazone groups is 1. The Bertz CT molecular complexity index is 735. The number of nitrogens with one attached hydrogen (secondary N) is 1. The summed E-state index contributed by atoms with van der Waals surface area (Å²) in [6, 6.07) is 6.42. The van der Waals surface area contributed by atoms with Crippen molar-refractivity contribution in [1.29, 1.82) is 0 Å². The normalized spacial score (nSPS) is 14.0. The zero-order chi connectivity index (χ0) is 18.2. The zero-order valence-corrected chi connectivity index (χ0v) is 15.2. The minimum absolute atomic E-state index is 0.128. The number of benzene rings is 1. The molecule has 0 saturated heterocycles. The molecule has 0 heterocycles. The molecule has 7 nitrogen and oxygen atoms in total. The van der Waals surface area contributed by atoms with E-state index in [0.29, 0.717) is 6.26 Å². The van der Waals surface area contributed by atoms with Crippen LogP contribution in [0.3, 0.4) is 0 Å². The number of rotatable bonds is 3. The van der Waals surface area contributed by atoms with Crippen molar-refractivity contribution in [3.8, 4) is 0 Å². The van der Waals surface area contributed by atoms with E-state index >= 15 is 0 Å². The number of hydrogen-bond donors (Lipinski definition) is 3. The molecular weight excluding hydrogens is 350 g/mol. The Morgan fingerprint density at radius 1 is 1.42 bits per heavy atom. The molecule has 0 saturated carbocycles. The third kappa shape index (κ3) is 7.62. The first-order valence-electron chi connectivity index (χ1n) is 7.07. The lowest BCUT2D eigenvalue weighted by atomic mass is 10.0. The Morgan fingerprint density at radius 3 is 2.67 bits per heavy atom. The van der Waals surface area contributed by atoms with Gasteiger partial charge in [-0.1, -0.05) is 6.07 Å². The predicted molar refractivity (Wildman–Crippen MR) is 97.4 cm³/mol. The van der Waals surface area contributed by atoms with Crippen molar-refractivity contribution in [3.05, 3.63) is 34.9 Å². The summed E-state index contributed by atoms with van der Waals surface area (Å²) >= 11 is 1.70. The number of carbonyl (C=O) groups excluding carboxylic acids is 1. The smallest absolute Gasteiger partial charge is 0.261 e. The minimum atomic E-state index is -3.67. The molecule has 132 valence electrons. The van der Waals surface area contributed by atoms with Crippen LogP contribution >= 0.6 is 11.8 Å². The van der Waals surface area contributed by atoms with E-state index in [2.05, 4.69) is 28.6 Å². The second kappa shape index (κ2) is 9.45. The highest BCUT2D eigenvalue weighted by atomic mass is 32.2. The number of aryl methyl sites for hydroxylation is 1. The van der Waals surface area contributed by atoms with E-state index in [1.165, 1.54) is 16.8 Å². The number of nitrogens with zero attached hydrogens (tertiary/aromatic N) is 1. The molecule has 1 aromatic carbocycles. The van der Waals surface area contributed by atoms with Crippen LogP contribution in [0.5, 0.6) is 0 Å². The third-order valence-electron chi connectivity index (χ3n) is 3.14. The van der Waals surface area contributed by atoms with E-state index in [9.17, 15) is 13.2 Å². The SMILES string of the molecule is CS(=O)(=O)O.CSc1ccc2c(c1)C=C(C(=O)NC=NN)CCC2. The quantitative estimate of drug-likeness (QED) is 0.185. The Hall–Kier alpha value is -1.84. The average Bonchev–Trinajstić information content (AvgIpc) is 2.72. The first-order valence-corrected chi connectivity index (χ1v) is 10.1. The van der Waals surface area contributed by atoms with Gasteiger partial charge in [0.25, 0.3) is 16.0 Å². The van der Waals surface area contributed by atoms with Crippen LogP contribution in [0.1, 0.15) is 24.0 Å². The average molecular weight is 371 g/mol. The lowest BCUT2D eigenvalue weighted by molar-refractivity contribution is -0.116. The molecule has 1 aliphatic rings. The molecule has 1 aliphatic carbocycles. The third-order valence-corrected chi connectivity index (χ3v) is 3.86. The number of nitrogens with two attached hydrogens (primary N) is 1. The maximum Gasteiger partial charge on any atom is 0.261 e. The van der Waals surface area contributed by atoms with Crippen molar-refractivity contribution < 1.29 is 17.8 Å². The summed E-state index contributed by atoms with van der Waals surface area (Å²) in [6.45, 7) is 0. The van der Waals surface area contributed by atoms with E-state index in [4.69, 9.17) is 10.4 Å². The fraction of sp³-hybridized carbons (Fsp3) is 0.333. The van der Waals surface area contributed by atoms with Gasteiger partial charge in [0.05, 0.1) is 6.26 Å². The van der Waals surface area contributed by atoms with Gasteiger partial charge in [-0.05, 0) is 54.9 Å². The monoisotopic (exact) mass is 371 g/mol. The largest absolute Gasteiger partial charge is 0.322 e. The molecule has 1 aromatic rings. The second-order valence-corrected chi connectivity index (χ2v) is 7.42. The van der Waals surface area contributed by atoms with Gasteiger partial charge in [-0.3, -0.25) is 9.35 Å². The highest BCUT2D eigenvalue weighted by Gasteiger charge is 2.14. The van der Waals surface area contributed by atoms with Gasteiger partial charge in [-0.25, -0.2) is 0 Å². The van der Waals surface area contributed by atoms with Crippen LogP contribution in [-0.4, -0.2) is 37.7 Å². The van der Waals surface area contributed by atoms with Gasteiger partial charge in [0.1, 0.15) is 6.34 Å². The van der Waals surface area contributed by atoms with Crippen molar-refractivity contribution in [2.75, 3.05) is 12.5 Å². The molecule has 24 heavy (non-hydrogen) atoms. The number of carbonyl (C=O) groups is 1. The van der Waals surface area contributed by atoms with Gasteiger partial charge < -0.3 is 11.2 Å². The second-order valence-electron chi connectivity index (χ2n) is 5.07. The molecule has 0 aromatic heterocycles. The van der Waals surface area contributed by atoms with Gasteiger partial charge in [-0.15, -0.1) is 11.8 Å². The van der Waals surface area contributed by atoms with Crippen molar-refractivity contribution in [2.24, 2.45) is 10.9 Å². The van der Waals surface area contributed by atoms with E-state index < -0.39 is 10.1 Å². The van der Waals surface area contributed by atoms with Crippen LogP contribution in [0.4, 0.5) is 0 Å². The standard InChI is InChI=1S/C14H17N3OS.CH4O3S/c1-19-13-6-5-10-3-2-4-11(7-12(10)8-13)14(18)16-9-17-15;1-5(2,3)4/h5-9H,2-4,15H2,1H3,(H,16,17,18);1H3,(H,2,3,4). The summed E-state index contributed by atoms with van der Waals surface area (Å²) in [5.41, 5.74) is 3.21. The van der Waals surface area contributed by atoms with Gasteiger partial charge >= 0.3 is 0 Å². The lowest BCUT2D eigenvalue weighted by Crippen LogP contribution is -2.23. The summed E-state index contributed by atoms with van der Waals surface area (Å²) < 4.78 is 25.9. The maximum absolute atomic E-state index is 11.9. The van der Waals surface area contributed by atoms with Gasteiger partial charge in [-0.2, -0.15) is 13.5 Å². The van der Waals surface area contributed by atoms with E-state index in [0.717, 1.165) is 30.4 Å². The molecular formula is C15H21N3O4S2. The predicted octanol–water partition coefficient (Wildman–Crippen LogP) is 1.65. The van der Waals surface area contributed by atoms with Crippen LogP contribution in [0.2, 0.25) is 0 Å². The van der Waals surface area contributed by atoms with Crippen molar-refractivity contribution in [3.63, 3.8) is 0 Å². The maximum atomic E-state index is 11.9. The molecule has 9 heteroatoms. The van der Waals surface area contributed by atoms with Crippen LogP contribution < -0.4 is 11.2 Å². The lowest BCUT2D eigenvalue weighted by Gasteiger charge is -2.05. The molecule has 0 spiro atoms. The minimum Gasteiger partial charge on any atom is -0.322 e. The Morgan fingerprint density at radius 2 is 2.08 bits per heavy atom. The van der Waals surface area contributed by atoms with Crippen LogP contribution in [0.25, 0.3) is 6.08 Å². The topological polar surface area (TPSA) is 122 Å². The summed E-state index contributed by atoms with van der Waals surface area (Å²) in [5.74, 6) is 4.86. The van der Waals surface area contributed by atoms with Gasteiger partial charge in [0.2, 0.25) is 0 Å². The Balaban J connectivity index is 0.000000505. The van der Waals surface area contributed by atoms with Crippen molar-refractivity contribution in [2.45, 2.75) is 24.2 Å². The Kier molecular flexibility index (Phi) is 7.96. The first kappa shape index (κ1) is 20.2. The fourth-order valence-electron chi connectivity index (χ4n) is 2.16. The fourth-order valence-corrected chi connectivity index (χ4v) is 2.61. The van der Waals surface area contributed by atoms with Crippen LogP contribution in [-0.2, 0) is 21.3 Å². The van der Waals surface area contributed by atoms with E-state index in [-0.39, 0.29) is 5.91 Å². The summed E-state index contributed by atoms with van der Waals surface area (Å²) in [4.78, 5) is 13.2. The number of fused-ring (bicyclic) bond motifs is 1. The van der Waals surface area contributed by atoms with Gasteiger partial charge in [0, 0.05) is 10.5 Å². The molecule has 0 radical (unpaired) electrons. The molecule has 0 bridgehead atoms. The number of thioether (sulfide) groups is 1. The zero-order valence-electron chi connectivity index (χ0n) is 13.5. The van der Waals surface area contributed by atoms with E-state index in [1.807, 2.05) is 12.3 Å². The van der Waals surface area contributed by atoms with Crippen LogP contribution in [0, 0.1) is 0 Å². The summed E-state index contributed by atoms with van der Waals surface area (Å²) in [7, 11) is -3.67. The van der Waals surface area contributed by atoms with Gasteiger partial charge in [0.15, 0.2) is 0 Å². The molecule has 0 fully saturated rings. The number of amides is 1. The molecule has 1 amide bonds. The highest BCUT2D eigenvalue weighted by Crippen LogP contribution is 2.27. The highest BCUT2D eigenvalue weighted by molar-refractivity contribution is 7.98. The van der Waals surface area contributed by atoms with Crippen molar-refractivity contribution >= 4 is 40.2 Å². The Labute approximate surface area is 146 Å². The molecule has 4 N–H and O–H groups in total. The molecule has 0 aliphatic heterocycles. The summed E-state index contributed by atoms with van der Waals surface area (Å²) in [5, 5.41) is 5.84. The molecule has 0 unspecified atom stereocenters. The van der Waals surface area contributed by atoms with Crippen molar-refractivity contribution in [1.82, 2.24) is 5.32 Å². The number of hydrogen-bond acceptors (Lipinski definition) is 6. The summed E-state index contributed by atoms with van der Waals surface area (Å²) in [6.07, 6.45) is 8.70. The van der Waals surface area contributed by atoms with E-state index in [1.54, 1.807) is 11.8 Å². The molecule has 0 atom stereocenters. The van der Waals surface area contributed by atoms with Crippen LogP contribution in [0.15, 0.2) is 33.8 Å². The molecule has 2 rings (SSSR count).